The highest BCUT2D eigenvalue weighted by Crippen LogP contribution is 2.52. The summed E-state index contributed by atoms with van der Waals surface area (Å²) in [7, 11) is 0. The Hall–Kier alpha value is -2.80. The lowest BCUT2D eigenvalue weighted by atomic mass is 9.92. The van der Waals surface area contributed by atoms with E-state index >= 15 is 0 Å². The maximum Gasteiger partial charge on any atom is 0.586 e. The van der Waals surface area contributed by atoms with Crippen molar-refractivity contribution < 1.29 is 27.8 Å². The molecule has 5 nitrogen and oxygen atoms in total. The lowest BCUT2D eigenvalue weighted by molar-refractivity contribution is -0.286. The summed E-state index contributed by atoms with van der Waals surface area (Å²) in [6.45, 7) is 0.617. The molecule has 0 bridgehead atoms. The third-order valence-corrected chi connectivity index (χ3v) is 6.01. The van der Waals surface area contributed by atoms with Crippen molar-refractivity contribution in [1.82, 2.24) is 0 Å². The number of benzene rings is 2. The van der Waals surface area contributed by atoms with Crippen molar-refractivity contribution in [2.24, 2.45) is 10.9 Å². The summed E-state index contributed by atoms with van der Waals surface area (Å²) < 4.78 is 41.4. The number of hydrogen-bond donors (Lipinski definition) is 0. The van der Waals surface area contributed by atoms with Crippen LogP contribution in [-0.4, -0.2) is 25.0 Å². The van der Waals surface area contributed by atoms with E-state index in [9.17, 15) is 13.6 Å². The molecule has 0 spiro atoms. The highest BCUT2D eigenvalue weighted by molar-refractivity contribution is 5.96. The van der Waals surface area contributed by atoms with Gasteiger partial charge in [-0.25, -0.2) is 4.99 Å². The van der Waals surface area contributed by atoms with E-state index in [-0.39, 0.29) is 29.4 Å². The number of amides is 1. The van der Waals surface area contributed by atoms with Gasteiger partial charge < -0.3 is 14.2 Å². The van der Waals surface area contributed by atoms with Crippen LogP contribution in [0, 0.1) is 5.92 Å². The first kappa shape index (κ1) is 19.2. The number of rotatable bonds is 4. The van der Waals surface area contributed by atoms with Gasteiger partial charge in [-0.1, -0.05) is 36.4 Å². The minimum atomic E-state index is -3.67. The summed E-state index contributed by atoms with van der Waals surface area (Å²) in [5, 5.41) is 0. The van der Waals surface area contributed by atoms with Gasteiger partial charge in [-0.15, -0.1) is 8.78 Å². The Morgan fingerprint density at radius 1 is 1.07 bits per heavy atom. The van der Waals surface area contributed by atoms with Crippen LogP contribution >= 0.6 is 0 Å². The molecule has 0 radical (unpaired) electrons. The number of ether oxygens (including phenoxy) is 3. The molecule has 2 aromatic rings. The molecule has 156 valence electrons. The maximum absolute atomic E-state index is 13.3. The minimum Gasteiger partial charge on any atom is -0.395 e. The zero-order valence-corrected chi connectivity index (χ0v) is 16.2. The van der Waals surface area contributed by atoms with Crippen LogP contribution in [0.5, 0.6) is 11.5 Å². The molecule has 1 saturated heterocycles. The summed E-state index contributed by atoms with van der Waals surface area (Å²) in [5.41, 5.74) is 1.01. The number of alkyl halides is 2. The van der Waals surface area contributed by atoms with E-state index in [1.54, 1.807) is 12.3 Å². The summed E-state index contributed by atoms with van der Waals surface area (Å²) in [6.07, 6.45) is 0.926. The molecule has 1 aliphatic carbocycles. The van der Waals surface area contributed by atoms with Crippen LogP contribution in [-0.2, 0) is 14.9 Å². The first-order valence-electron chi connectivity index (χ1n) is 10.1. The molecule has 0 N–H and O–H groups in total. The lowest BCUT2D eigenvalue weighted by Crippen LogP contribution is -2.26. The number of carbonyl (C=O) groups is 1. The van der Waals surface area contributed by atoms with Crippen LogP contribution in [0.3, 0.4) is 0 Å². The Balaban J connectivity index is 1.28. The quantitative estimate of drug-likeness (QED) is 0.676. The largest absolute Gasteiger partial charge is 0.586 e. The molecular weight excluding hydrogens is 392 g/mol. The van der Waals surface area contributed by atoms with E-state index in [0.717, 1.165) is 18.4 Å². The number of fused-ring (bicyclic) bond motifs is 1. The van der Waals surface area contributed by atoms with Gasteiger partial charge in [-0.05, 0) is 54.9 Å². The van der Waals surface area contributed by atoms with Gasteiger partial charge in [-0.3, -0.25) is 4.79 Å². The van der Waals surface area contributed by atoms with Gasteiger partial charge >= 0.3 is 6.29 Å². The number of carbonyl (C=O) groups excluding carboxylic acids is 1. The number of aliphatic imine (C=N–C) groups is 1. The predicted molar refractivity (Wildman–Crippen MR) is 105 cm³/mol. The van der Waals surface area contributed by atoms with E-state index in [0.29, 0.717) is 25.0 Å². The summed E-state index contributed by atoms with van der Waals surface area (Å²) >= 11 is 0. The fourth-order valence-corrected chi connectivity index (χ4v) is 4.15. The normalized spacial score (nSPS) is 25.9. The summed E-state index contributed by atoms with van der Waals surface area (Å²) in [6, 6.07) is 14.5. The average molecular weight is 413 g/mol. The topological polar surface area (TPSA) is 57.1 Å². The molecule has 0 aromatic heterocycles. The predicted octanol–water partition coefficient (Wildman–Crippen LogP) is 4.81. The van der Waals surface area contributed by atoms with Crippen molar-refractivity contribution in [3.05, 3.63) is 59.7 Å². The highest BCUT2D eigenvalue weighted by atomic mass is 19.3. The molecule has 2 aromatic carbocycles. The zero-order valence-electron chi connectivity index (χ0n) is 16.2. The Bertz CT molecular complexity index is 988. The Morgan fingerprint density at radius 2 is 1.83 bits per heavy atom. The molecule has 30 heavy (non-hydrogen) atoms. The Morgan fingerprint density at radius 3 is 2.60 bits per heavy atom. The van der Waals surface area contributed by atoms with Gasteiger partial charge in [0.15, 0.2) is 11.5 Å². The molecule has 5 rings (SSSR count). The van der Waals surface area contributed by atoms with Gasteiger partial charge in [0, 0.05) is 12.8 Å². The minimum absolute atomic E-state index is 0.00286. The average Bonchev–Trinajstić information content (AvgIpc) is 3.50. The number of halogens is 2. The van der Waals surface area contributed by atoms with E-state index in [1.807, 2.05) is 30.3 Å². The zero-order chi connectivity index (χ0) is 20.8. The molecule has 2 aliphatic heterocycles. The second kappa shape index (κ2) is 7.16. The second-order valence-electron chi connectivity index (χ2n) is 8.05. The molecule has 1 amide bonds. The summed E-state index contributed by atoms with van der Waals surface area (Å²) in [4.78, 5) is 17.2. The standard InChI is InChI=1S/C23H21F2NO4/c24-23(25)29-18-7-6-17(13-20(18)30-23)22(9-10-22)21(27)26-14-15-8-11-28-19(12-15)16-4-2-1-3-5-16/h1-7,13-15,19H,8-12H2/b26-14+/t15?,19-/m0/s1. The second-order valence-corrected chi connectivity index (χ2v) is 8.05. The van der Waals surface area contributed by atoms with E-state index in [2.05, 4.69) is 14.5 Å². The fourth-order valence-electron chi connectivity index (χ4n) is 4.15. The summed E-state index contributed by atoms with van der Waals surface area (Å²) in [5.74, 6) is -0.157. The first-order chi connectivity index (χ1) is 14.5. The maximum atomic E-state index is 13.3. The molecule has 7 heteroatoms. The molecule has 2 heterocycles. The lowest BCUT2D eigenvalue weighted by Gasteiger charge is -2.27. The monoisotopic (exact) mass is 413 g/mol. The van der Waals surface area contributed by atoms with Crippen LogP contribution in [0.2, 0.25) is 0 Å². The van der Waals surface area contributed by atoms with Crippen molar-refractivity contribution >= 4 is 12.1 Å². The van der Waals surface area contributed by atoms with Crippen LogP contribution in [0.15, 0.2) is 53.5 Å². The molecule has 1 unspecified atom stereocenters. The van der Waals surface area contributed by atoms with E-state index < -0.39 is 11.7 Å². The van der Waals surface area contributed by atoms with Crippen molar-refractivity contribution in [3.8, 4) is 11.5 Å². The SMILES string of the molecule is O=C(/N=C/C1CCO[C@H](c2ccccc2)C1)C1(c2ccc3c(c2)OC(F)(F)O3)CC1. The van der Waals surface area contributed by atoms with Crippen molar-refractivity contribution in [1.29, 1.82) is 0 Å². The van der Waals surface area contributed by atoms with E-state index in [1.165, 1.54) is 12.1 Å². The molecule has 2 atom stereocenters. The fraction of sp³-hybridized carbons (Fsp3) is 0.391. The molecule has 3 aliphatic rings. The van der Waals surface area contributed by atoms with Crippen LogP contribution < -0.4 is 9.47 Å². The number of hydrogen-bond acceptors (Lipinski definition) is 4. The molecule has 1 saturated carbocycles. The highest BCUT2D eigenvalue weighted by Gasteiger charge is 2.52. The van der Waals surface area contributed by atoms with Gasteiger partial charge in [0.2, 0.25) is 0 Å². The van der Waals surface area contributed by atoms with Gasteiger partial charge in [-0.2, -0.15) is 0 Å². The van der Waals surface area contributed by atoms with Crippen molar-refractivity contribution in [2.75, 3.05) is 6.61 Å². The van der Waals surface area contributed by atoms with Crippen molar-refractivity contribution in [2.45, 2.75) is 43.5 Å². The van der Waals surface area contributed by atoms with Gasteiger partial charge in [0.05, 0.1) is 11.5 Å². The Labute approximate surface area is 172 Å². The molecule has 2 fully saturated rings. The smallest absolute Gasteiger partial charge is 0.395 e. The number of nitrogens with zero attached hydrogens (tertiary/aromatic N) is 1. The van der Waals surface area contributed by atoms with Crippen LogP contribution in [0.1, 0.15) is 42.9 Å². The third kappa shape index (κ3) is 3.58. The van der Waals surface area contributed by atoms with E-state index in [4.69, 9.17) is 4.74 Å². The van der Waals surface area contributed by atoms with Crippen LogP contribution in [0.25, 0.3) is 0 Å². The Kier molecular flexibility index (Phi) is 4.58. The van der Waals surface area contributed by atoms with Gasteiger partial charge in [0.1, 0.15) is 0 Å². The first-order valence-corrected chi connectivity index (χ1v) is 10.1. The van der Waals surface area contributed by atoms with Crippen LogP contribution in [0.4, 0.5) is 8.78 Å². The van der Waals surface area contributed by atoms with Crippen molar-refractivity contribution in [3.63, 3.8) is 0 Å². The van der Waals surface area contributed by atoms with Gasteiger partial charge in [0.25, 0.3) is 5.91 Å². The molecular formula is C23H21F2NO4. The third-order valence-electron chi connectivity index (χ3n) is 6.01.